The third-order valence-electron chi connectivity index (χ3n) is 4.78. The monoisotopic (exact) mass is 429 g/mol. The fourth-order valence-corrected chi connectivity index (χ4v) is 3.67. The van der Waals surface area contributed by atoms with Crippen molar-refractivity contribution in [2.45, 2.75) is 12.5 Å². The summed E-state index contributed by atoms with van der Waals surface area (Å²) in [7, 11) is 0. The number of carbonyl (C=O) groups excluding carboxylic acids is 2. The van der Waals surface area contributed by atoms with Crippen LogP contribution in [-0.4, -0.2) is 77.5 Å². The molecule has 1 aliphatic heterocycles. The van der Waals surface area contributed by atoms with Crippen LogP contribution >= 0.6 is 11.8 Å². The van der Waals surface area contributed by atoms with Crippen molar-refractivity contribution >= 4 is 29.5 Å². The Hall–Kier alpha value is -2.81. The molecule has 1 aromatic carbocycles. The molecule has 1 aromatic heterocycles. The lowest BCUT2D eigenvalue weighted by molar-refractivity contribution is -0.137. The third-order valence-corrected chi connectivity index (χ3v) is 5.43. The van der Waals surface area contributed by atoms with Gasteiger partial charge in [-0.1, -0.05) is 18.2 Å². The predicted octanol–water partition coefficient (Wildman–Crippen LogP) is 1.44. The minimum Gasteiger partial charge on any atom is -0.484 e. The van der Waals surface area contributed by atoms with Gasteiger partial charge in [0.15, 0.2) is 6.61 Å². The Morgan fingerprint density at radius 2 is 1.80 bits per heavy atom. The molecular weight excluding hydrogens is 402 g/mol. The minimum absolute atomic E-state index is 0.0502. The number of nitrogens with one attached hydrogen (secondary N) is 1. The van der Waals surface area contributed by atoms with Gasteiger partial charge in [0.25, 0.3) is 5.91 Å². The SMILES string of the molecule is CSCCC(NC(=O)COc1ccccc1)C(=O)N1CCN(c2ncccn2)CC1. The van der Waals surface area contributed by atoms with E-state index in [2.05, 4.69) is 20.2 Å². The molecule has 2 aromatic rings. The second-order valence-corrected chi connectivity index (χ2v) is 7.85. The molecule has 2 amide bonds. The molecule has 1 atom stereocenters. The van der Waals surface area contributed by atoms with E-state index in [4.69, 9.17) is 4.74 Å². The van der Waals surface area contributed by atoms with Crippen LogP contribution in [0.5, 0.6) is 5.75 Å². The summed E-state index contributed by atoms with van der Waals surface area (Å²) in [6.07, 6.45) is 6.00. The van der Waals surface area contributed by atoms with Crippen molar-refractivity contribution < 1.29 is 14.3 Å². The zero-order valence-electron chi connectivity index (χ0n) is 17.1. The highest BCUT2D eigenvalue weighted by molar-refractivity contribution is 7.98. The number of piperazine rings is 1. The van der Waals surface area contributed by atoms with E-state index in [0.717, 1.165) is 5.75 Å². The highest BCUT2D eigenvalue weighted by atomic mass is 32.2. The van der Waals surface area contributed by atoms with Gasteiger partial charge < -0.3 is 19.9 Å². The summed E-state index contributed by atoms with van der Waals surface area (Å²) in [5.41, 5.74) is 0. The van der Waals surface area contributed by atoms with Gasteiger partial charge >= 0.3 is 0 Å². The van der Waals surface area contributed by atoms with Gasteiger partial charge in [0.2, 0.25) is 11.9 Å². The van der Waals surface area contributed by atoms with Crippen molar-refractivity contribution in [1.82, 2.24) is 20.2 Å². The van der Waals surface area contributed by atoms with E-state index in [1.807, 2.05) is 29.4 Å². The van der Waals surface area contributed by atoms with E-state index in [1.165, 1.54) is 0 Å². The van der Waals surface area contributed by atoms with E-state index in [0.29, 0.717) is 44.3 Å². The summed E-state index contributed by atoms with van der Waals surface area (Å²) in [6, 6.07) is 10.4. The molecule has 1 unspecified atom stereocenters. The van der Waals surface area contributed by atoms with Gasteiger partial charge in [-0.25, -0.2) is 9.97 Å². The van der Waals surface area contributed by atoms with Crippen molar-refractivity contribution in [1.29, 1.82) is 0 Å². The largest absolute Gasteiger partial charge is 0.484 e. The molecule has 1 fully saturated rings. The van der Waals surface area contributed by atoms with Crippen LogP contribution < -0.4 is 15.0 Å². The molecular formula is C21H27N5O3S. The number of para-hydroxylation sites is 1. The summed E-state index contributed by atoms with van der Waals surface area (Å²) in [6.45, 7) is 2.35. The summed E-state index contributed by atoms with van der Waals surface area (Å²) < 4.78 is 5.50. The Kier molecular flexibility index (Phi) is 8.31. The number of benzene rings is 1. The molecule has 1 aliphatic rings. The number of hydrogen-bond donors (Lipinski definition) is 1. The van der Waals surface area contributed by atoms with Crippen molar-refractivity contribution in [2.24, 2.45) is 0 Å². The average molecular weight is 430 g/mol. The normalized spacial score (nSPS) is 14.8. The maximum atomic E-state index is 13.1. The summed E-state index contributed by atoms with van der Waals surface area (Å²) in [5.74, 6) is 1.74. The van der Waals surface area contributed by atoms with Gasteiger partial charge in [-0.3, -0.25) is 9.59 Å². The van der Waals surface area contributed by atoms with Gasteiger partial charge in [-0.2, -0.15) is 11.8 Å². The Bertz CT molecular complexity index is 801. The molecule has 160 valence electrons. The quantitative estimate of drug-likeness (QED) is 0.645. The summed E-state index contributed by atoms with van der Waals surface area (Å²) >= 11 is 1.65. The Morgan fingerprint density at radius 1 is 1.10 bits per heavy atom. The Labute approximate surface area is 181 Å². The summed E-state index contributed by atoms with van der Waals surface area (Å²) in [5, 5.41) is 2.86. The van der Waals surface area contributed by atoms with Crippen molar-refractivity contribution in [3.05, 3.63) is 48.8 Å². The highest BCUT2D eigenvalue weighted by Crippen LogP contribution is 2.13. The van der Waals surface area contributed by atoms with Crippen LogP contribution in [0.3, 0.4) is 0 Å². The lowest BCUT2D eigenvalue weighted by atomic mass is 10.1. The Morgan fingerprint density at radius 3 is 2.47 bits per heavy atom. The number of rotatable bonds is 9. The van der Waals surface area contributed by atoms with Gasteiger partial charge in [0.05, 0.1) is 0 Å². The first-order valence-corrected chi connectivity index (χ1v) is 11.3. The molecule has 2 heterocycles. The fourth-order valence-electron chi connectivity index (χ4n) is 3.20. The number of carbonyl (C=O) groups is 2. The molecule has 0 radical (unpaired) electrons. The number of hydrogen-bond acceptors (Lipinski definition) is 7. The van der Waals surface area contributed by atoms with Crippen LogP contribution in [0, 0.1) is 0 Å². The Balaban J connectivity index is 1.52. The van der Waals surface area contributed by atoms with Crippen LogP contribution in [0.4, 0.5) is 5.95 Å². The molecule has 0 bridgehead atoms. The fraction of sp³-hybridized carbons (Fsp3) is 0.429. The standard InChI is InChI=1S/C21H27N5O3S/c1-30-15-8-18(24-19(27)16-29-17-6-3-2-4-7-17)20(28)25-11-13-26(14-12-25)21-22-9-5-10-23-21/h2-7,9-10,18H,8,11-16H2,1H3,(H,24,27). The van der Waals surface area contributed by atoms with E-state index in [-0.39, 0.29) is 18.4 Å². The van der Waals surface area contributed by atoms with Crippen LogP contribution in [-0.2, 0) is 9.59 Å². The van der Waals surface area contributed by atoms with E-state index in [9.17, 15) is 9.59 Å². The van der Waals surface area contributed by atoms with Crippen LogP contribution in [0.25, 0.3) is 0 Å². The van der Waals surface area contributed by atoms with E-state index < -0.39 is 6.04 Å². The van der Waals surface area contributed by atoms with Crippen LogP contribution in [0.2, 0.25) is 0 Å². The molecule has 1 N–H and O–H groups in total. The average Bonchev–Trinajstić information content (AvgIpc) is 2.81. The number of aromatic nitrogens is 2. The molecule has 0 saturated carbocycles. The molecule has 8 nitrogen and oxygen atoms in total. The zero-order valence-corrected chi connectivity index (χ0v) is 17.9. The second kappa shape index (κ2) is 11.4. The zero-order chi connectivity index (χ0) is 21.2. The first-order chi connectivity index (χ1) is 14.7. The molecule has 9 heteroatoms. The minimum atomic E-state index is -0.552. The molecule has 3 rings (SSSR count). The van der Waals surface area contributed by atoms with Crippen LogP contribution in [0.1, 0.15) is 6.42 Å². The molecule has 0 aliphatic carbocycles. The molecule has 30 heavy (non-hydrogen) atoms. The van der Waals surface area contributed by atoms with Crippen molar-refractivity contribution in [2.75, 3.05) is 49.7 Å². The first-order valence-electron chi connectivity index (χ1n) is 9.94. The molecule has 0 spiro atoms. The number of anilines is 1. The topological polar surface area (TPSA) is 87.7 Å². The lowest BCUT2D eigenvalue weighted by Crippen LogP contribution is -2.55. The maximum Gasteiger partial charge on any atom is 0.258 e. The number of amides is 2. The highest BCUT2D eigenvalue weighted by Gasteiger charge is 2.29. The maximum absolute atomic E-state index is 13.1. The third kappa shape index (κ3) is 6.35. The van der Waals surface area contributed by atoms with Crippen LogP contribution in [0.15, 0.2) is 48.8 Å². The number of nitrogens with zero attached hydrogens (tertiary/aromatic N) is 4. The molecule has 1 saturated heterocycles. The lowest BCUT2D eigenvalue weighted by Gasteiger charge is -2.36. The number of ether oxygens (including phenoxy) is 1. The predicted molar refractivity (Wildman–Crippen MR) is 118 cm³/mol. The van der Waals surface area contributed by atoms with E-state index in [1.54, 1.807) is 42.4 Å². The number of thioether (sulfide) groups is 1. The van der Waals surface area contributed by atoms with E-state index >= 15 is 0 Å². The smallest absolute Gasteiger partial charge is 0.258 e. The summed E-state index contributed by atoms with van der Waals surface area (Å²) in [4.78, 5) is 37.9. The van der Waals surface area contributed by atoms with Crippen molar-refractivity contribution in [3.8, 4) is 5.75 Å². The van der Waals surface area contributed by atoms with Gasteiger partial charge in [-0.15, -0.1) is 0 Å². The van der Waals surface area contributed by atoms with Gasteiger partial charge in [-0.05, 0) is 36.6 Å². The second-order valence-electron chi connectivity index (χ2n) is 6.86. The van der Waals surface area contributed by atoms with Crippen molar-refractivity contribution in [3.63, 3.8) is 0 Å². The first kappa shape index (κ1) is 21.9. The van der Waals surface area contributed by atoms with Gasteiger partial charge in [0.1, 0.15) is 11.8 Å². The van der Waals surface area contributed by atoms with Gasteiger partial charge in [0, 0.05) is 38.6 Å².